The monoisotopic (exact) mass is 309 g/mol. The van der Waals surface area contributed by atoms with E-state index in [-0.39, 0.29) is 23.8 Å². The van der Waals surface area contributed by atoms with E-state index in [2.05, 4.69) is 4.90 Å². The van der Waals surface area contributed by atoms with Crippen LogP contribution < -0.4 is 0 Å². The Morgan fingerprint density at radius 1 is 1.00 bits per heavy atom. The minimum Gasteiger partial charge on any atom is -0.481 e. The lowest BCUT2D eigenvalue weighted by Gasteiger charge is -2.33. The van der Waals surface area contributed by atoms with Crippen LogP contribution in [-0.4, -0.2) is 47.2 Å². The van der Waals surface area contributed by atoms with Gasteiger partial charge in [-0.3, -0.25) is 9.59 Å². The summed E-state index contributed by atoms with van der Waals surface area (Å²) in [6.45, 7) is 1.51. The van der Waals surface area contributed by atoms with E-state index in [1.807, 2.05) is 0 Å². The Kier molecular flexibility index (Phi) is 5.01. The minimum absolute atomic E-state index is 0.0943. The molecule has 3 fully saturated rings. The molecule has 22 heavy (non-hydrogen) atoms. The van der Waals surface area contributed by atoms with Gasteiger partial charge in [0, 0.05) is 25.1 Å². The second-order valence-electron chi connectivity index (χ2n) is 7.11. The molecule has 0 radical (unpaired) electrons. The van der Waals surface area contributed by atoms with Gasteiger partial charge in [-0.25, -0.2) is 0 Å². The van der Waals surface area contributed by atoms with E-state index >= 15 is 0 Å². The number of carboxylic acids is 1. The fourth-order valence-electron chi connectivity index (χ4n) is 4.31. The van der Waals surface area contributed by atoms with Crippen LogP contribution in [0.4, 0.5) is 0 Å². The molecule has 1 aliphatic heterocycles. The van der Waals surface area contributed by atoms with Crippen molar-refractivity contribution in [2.45, 2.75) is 69.9 Å². The van der Waals surface area contributed by atoms with Crippen molar-refractivity contribution in [1.29, 1.82) is 0 Å². The normalized spacial score (nSPS) is 32.5. The smallest absolute Gasteiger partial charge is 0.306 e. The number of rotatable bonds is 5. The van der Waals surface area contributed by atoms with Gasteiger partial charge in [-0.1, -0.05) is 12.8 Å². The van der Waals surface area contributed by atoms with E-state index in [4.69, 9.17) is 9.84 Å². The van der Waals surface area contributed by atoms with Gasteiger partial charge in [0.1, 0.15) is 0 Å². The highest BCUT2D eigenvalue weighted by molar-refractivity contribution is 5.81. The summed E-state index contributed by atoms with van der Waals surface area (Å²) >= 11 is 0. The summed E-state index contributed by atoms with van der Waals surface area (Å²) in [5.74, 6) is -0.988. The molecule has 5 heteroatoms. The SMILES string of the molecule is O=C(O)[C@@H]1CC[C@H](C(=O)N(CC2CCCO2)C2CCCC2)C1. The highest BCUT2D eigenvalue weighted by atomic mass is 16.5. The van der Waals surface area contributed by atoms with Crippen molar-refractivity contribution in [1.82, 2.24) is 4.90 Å². The standard InChI is InChI=1S/C17H27NO4/c19-16(12-7-8-13(10-12)17(20)21)18(14-4-1-2-5-14)11-15-6-3-9-22-15/h12-15H,1-11H2,(H,20,21)/t12-,13+,15?/m0/s1. The highest BCUT2D eigenvalue weighted by Gasteiger charge is 2.39. The van der Waals surface area contributed by atoms with E-state index in [1.165, 1.54) is 12.8 Å². The van der Waals surface area contributed by atoms with Gasteiger partial charge in [-0.05, 0) is 44.9 Å². The summed E-state index contributed by atoms with van der Waals surface area (Å²) in [5, 5.41) is 9.15. The number of ether oxygens (including phenoxy) is 1. The molecule has 5 nitrogen and oxygen atoms in total. The fourth-order valence-corrected chi connectivity index (χ4v) is 4.31. The average Bonchev–Trinajstić information content (AvgIpc) is 3.24. The Bertz CT molecular complexity index is 413. The Balaban J connectivity index is 1.64. The van der Waals surface area contributed by atoms with E-state index in [0.29, 0.717) is 25.4 Å². The maximum Gasteiger partial charge on any atom is 0.306 e. The van der Waals surface area contributed by atoms with Crippen LogP contribution in [0.1, 0.15) is 57.8 Å². The van der Waals surface area contributed by atoms with E-state index in [9.17, 15) is 9.59 Å². The van der Waals surface area contributed by atoms with Crippen molar-refractivity contribution in [3.8, 4) is 0 Å². The van der Waals surface area contributed by atoms with Crippen LogP contribution in [0.3, 0.4) is 0 Å². The summed E-state index contributed by atoms with van der Waals surface area (Å²) in [6.07, 6.45) is 8.77. The first kappa shape index (κ1) is 15.8. The van der Waals surface area contributed by atoms with Crippen molar-refractivity contribution in [2.75, 3.05) is 13.2 Å². The topological polar surface area (TPSA) is 66.8 Å². The maximum absolute atomic E-state index is 13.0. The van der Waals surface area contributed by atoms with E-state index < -0.39 is 5.97 Å². The number of carboxylic acid groups (broad SMARTS) is 1. The molecule has 3 aliphatic rings. The van der Waals surface area contributed by atoms with Crippen LogP contribution >= 0.6 is 0 Å². The summed E-state index contributed by atoms with van der Waals surface area (Å²) in [7, 11) is 0. The Labute approximate surface area is 132 Å². The second-order valence-corrected chi connectivity index (χ2v) is 7.11. The third kappa shape index (κ3) is 3.45. The number of carbonyl (C=O) groups is 2. The largest absolute Gasteiger partial charge is 0.481 e. The van der Waals surface area contributed by atoms with Gasteiger partial charge < -0.3 is 14.7 Å². The molecule has 1 saturated heterocycles. The molecule has 0 aromatic carbocycles. The van der Waals surface area contributed by atoms with Gasteiger partial charge in [0.2, 0.25) is 5.91 Å². The molecular formula is C17H27NO4. The first-order valence-corrected chi connectivity index (χ1v) is 8.80. The van der Waals surface area contributed by atoms with Gasteiger partial charge in [0.05, 0.1) is 12.0 Å². The molecule has 0 bridgehead atoms. The van der Waals surface area contributed by atoms with E-state index in [1.54, 1.807) is 0 Å². The number of amides is 1. The molecule has 1 heterocycles. The molecule has 124 valence electrons. The van der Waals surface area contributed by atoms with Crippen LogP contribution in [0.15, 0.2) is 0 Å². The third-order valence-corrected chi connectivity index (χ3v) is 5.60. The Morgan fingerprint density at radius 2 is 1.73 bits per heavy atom. The molecule has 1 unspecified atom stereocenters. The Hall–Kier alpha value is -1.10. The zero-order chi connectivity index (χ0) is 15.5. The molecule has 2 saturated carbocycles. The number of nitrogens with zero attached hydrogens (tertiary/aromatic N) is 1. The van der Waals surface area contributed by atoms with Crippen LogP contribution in [-0.2, 0) is 14.3 Å². The predicted octanol–water partition coefficient (Wildman–Crippen LogP) is 2.44. The van der Waals surface area contributed by atoms with E-state index in [0.717, 1.165) is 38.7 Å². The number of aliphatic carboxylic acids is 1. The van der Waals surface area contributed by atoms with Gasteiger partial charge in [0.25, 0.3) is 0 Å². The number of carbonyl (C=O) groups excluding carboxylic acids is 1. The van der Waals surface area contributed by atoms with Crippen LogP contribution in [0.5, 0.6) is 0 Å². The lowest BCUT2D eigenvalue weighted by atomic mass is 10.0. The lowest BCUT2D eigenvalue weighted by molar-refractivity contribution is -0.142. The van der Waals surface area contributed by atoms with Gasteiger partial charge >= 0.3 is 5.97 Å². The lowest BCUT2D eigenvalue weighted by Crippen LogP contribution is -2.46. The molecule has 3 rings (SSSR count). The predicted molar refractivity (Wildman–Crippen MR) is 81.4 cm³/mol. The van der Waals surface area contributed by atoms with Crippen molar-refractivity contribution >= 4 is 11.9 Å². The maximum atomic E-state index is 13.0. The van der Waals surface area contributed by atoms with Crippen LogP contribution in [0.2, 0.25) is 0 Å². The summed E-state index contributed by atoms with van der Waals surface area (Å²) < 4.78 is 5.73. The fraction of sp³-hybridized carbons (Fsp3) is 0.882. The molecule has 0 spiro atoms. The molecule has 0 aromatic rings. The number of hydrogen-bond acceptors (Lipinski definition) is 3. The second kappa shape index (κ2) is 6.99. The minimum atomic E-state index is -0.748. The van der Waals surface area contributed by atoms with Crippen molar-refractivity contribution in [3.05, 3.63) is 0 Å². The average molecular weight is 309 g/mol. The molecule has 2 aliphatic carbocycles. The molecule has 3 atom stereocenters. The molecule has 0 aromatic heterocycles. The molecular weight excluding hydrogens is 282 g/mol. The first-order valence-electron chi connectivity index (χ1n) is 8.80. The number of hydrogen-bond donors (Lipinski definition) is 1. The van der Waals surface area contributed by atoms with Crippen molar-refractivity contribution < 1.29 is 19.4 Å². The quantitative estimate of drug-likeness (QED) is 0.847. The summed E-state index contributed by atoms with van der Waals surface area (Å²) in [6, 6.07) is 0.348. The zero-order valence-electron chi connectivity index (χ0n) is 13.2. The third-order valence-electron chi connectivity index (χ3n) is 5.60. The summed E-state index contributed by atoms with van der Waals surface area (Å²) in [4.78, 5) is 26.1. The van der Waals surface area contributed by atoms with Crippen LogP contribution in [0, 0.1) is 11.8 Å². The zero-order valence-corrected chi connectivity index (χ0v) is 13.2. The van der Waals surface area contributed by atoms with Crippen molar-refractivity contribution in [2.24, 2.45) is 11.8 Å². The van der Waals surface area contributed by atoms with Gasteiger partial charge in [0.15, 0.2) is 0 Å². The Morgan fingerprint density at radius 3 is 2.32 bits per heavy atom. The van der Waals surface area contributed by atoms with Gasteiger partial charge in [-0.2, -0.15) is 0 Å². The van der Waals surface area contributed by atoms with Crippen LogP contribution in [0.25, 0.3) is 0 Å². The molecule has 1 N–H and O–H groups in total. The highest BCUT2D eigenvalue weighted by Crippen LogP contribution is 2.35. The van der Waals surface area contributed by atoms with Crippen molar-refractivity contribution in [3.63, 3.8) is 0 Å². The first-order chi connectivity index (χ1) is 10.6. The van der Waals surface area contributed by atoms with Gasteiger partial charge in [-0.15, -0.1) is 0 Å². The molecule has 1 amide bonds. The summed E-state index contributed by atoms with van der Waals surface area (Å²) in [5.41, 5.74) is 0.